The maximum absolute atomic E-state index is 12.6. The molecule has 0 rings (SSSR count). The number of hydrogen-bond acceptors (Lipinski definition) is 6. The van der Waals surface area contributed by atoms with Crippen LogP contribution in [0.15, 0.2) is 12.2 Å². The fourth-order valence-corrected chi connectivity index (χ4v) is 5.22. The van der Waals surface area contributed by atoms with Gasteiger partial charge in [0.1, 0.15) is 13.2 Å². The summed E-state index contributed by atoms with van der Waals surface area (Å²) in [5.41, 5.74) is 0. The van der Waals surface area contributed by atoms with Crippen LogP contribution < -0.4 is 10.2 Å². The van der Waals surface area contributed by atoms with Crippen LogP contribution in [0.4, 0.5) is 0 Å². The molecule has 0 heterocycles. The highest BCUT2D eigenvalue weighted by Crippen LogP contribution is 2.38. The minimum atomic E-state index is -4.56. The first kappa shape index (κ1) is 40.2. The number of phosphoric ester groups is 1. The van der Waals surface area contributed by atoms with Crippen LogP contribution in [-0.2, 0) is 18.4 Å². The molecule has 41 heavy (non-hydrogen) atoms. The largest absolute Gasteiger partial charge is 0.756 e. The Bertz CT molecular complexity index is 698. The van der Waals surface area contributed by atoms with E-state index >= 15 is 0 Å². The number of carbonyl (C=O) groups excluding carboxylic acids is 1. The average Bonchev–Trinajstić information content (AvgIpc) is 2.90. The third-order valence-electron chi connectivity index (χ3n) is 7.25. The lowest BCUT2D eigenvalue weighted by Crippen LogP contribution is -2.45. The van der Waals surface area contributed by atoms with E-state index in [-0.39, 0.29) is 19.1 Å². The molecule has 0 bridgehead atoms. The van der Waals surface area contributed by atoms with Crippen molar-refractivity contribution in [2.45, 2.75) is 148 Å². The van der Waals surface area contributed by atoms with Crippen molar-refractivity contribution in [2.75, 3.05) is 40.9 Å². The molecule has 0 aromatic heterocycles. The van der Waals surface area contributed by atoms with Crippen molar-refractivity contribution in [3.8, 4) is 0 Å². The number of aliphatic hydroxyl groups is 1. The van der Waals surface area contributed by atoms with Gasteiger partial charge in [0.2, 0.25) is 5.91 Å². The van der Waals surface area contributed by atoms with Crippen molar-refractivity contribution in [2.24, 2.45) is 0 Å². The molecule has 0 aromatic rings. The summed E-state index contributed by atoms with van der Waals surface area (Å²) in [6, 6.07) is -0.875. The van der Waals surface area contributed by atoms with Gasteiger partial charge in [0.05, 0.1) is 39.9 Å². The first-order valence-electron chi connectivity index (χ1n) is 16.6. The third kappa shape index (κ3) is 27.8. The zero-order chi connectivity index (χ0) is 30.8. The first-order chi connectivity index (χ1) is 19.5. The molecule has 0 aromatic carbocycles. The van der Waals surface area contributed by atoms with E-state index in [0.717, 1.165) is 38.5 Å². The lowest BCUT2D eigenvalue weighted by Gasteiger charge is -2.29. The number of rotatable bonds is 29. The van der Waals surface area contributed by atoms with E-state index in [2.05, 4.69) is 19.2 Å². The van der Waals surface area contributed by atoms with Crippen molar-refractivity contribution < 1.29 is 32.9 Å². The number of hydrogen-bond donors (Lipinski definition) is 2. The lowest BCUT2D eigenvalue weighted by molar-refractivity contribution is -0.870. The summed E-state index contributed by atoms with van der Waals surface area (Å²) in [5, 5.41) is 13.6. The Balaban J connectivity index is 4.62. The minimum absolute atomic E-state index is 0.000866. The summed E-state index contributed by atoms with van der Waals surface area (Å²) in [6.45, 7) is 4.55. The van der Waals surface area contributed by atoms with Gasteiger partial charge in [-0.2, -0.15) is 0 Å². The molecular weight excluding hydrogens is 539 g/mol. The van der Waals surface area contributed by atoms with E-state index in [4.69, 9.17) is 9.05 Å². The Hall–Kier alpha value is -0.760. The number of unbranched alkanes of at least 4 members (excludes halogenated alkanes) is 16. The zero-order valence-electron chi connectivity index (χ0n) is 27.2. The molecule has 0 saturated heterocycles. The van der Waals surface area contributed by atoms with Gasteiger partial charge in [-0.1, -0.05) is 122 Å². The maximum atomic E-state index is 12.6. The number of amides is 1. The number of allylic oxidation sites excluding steroid dienone is 1. The normalized spacial score (nSPS) is 15.2. The monoisotopic (exact) mass is 604 g/mol. The van der Waals surface area contributed by atoms with Gasteiger partial charge >= 0.3 is 0 Å². The molecule has 0 aliphatic heterocycles. The van der Waals surface area contributed by atoms with Gasteiger partial charge in [-0.3, -0.25) is 9.36 Å². The topological polar surface area (TPSA) is 108 Å². The number of quaternary nitrogens is 1. The van der Waals surface area contributed by atoms with Crippen molar-refractivity contribution >= 4 is 13.7 Å². The van der Waals surface area contributed by atoms with Gasteiger partial charge in [0.25, 0.3) is 7.82 Å². The molecule has 9 heteroatoms. The molecule has 244 valence electrons. The minimum Gasteiger partial charge on any atom is -0.756 e. The number of aliphatic hydroxyl groups excluding tert-OH is 1. The molecule has 1 amide bonds. The van der Waals surface area contributed by atoms with Gasteiger partial charge in [0.15, 0.2) is 0 Å². The molecule has 3 atom stereocenters. The molecule has 0 spiro atoms. The second kappa shape index (κ2) is 25.7. The highest BCUT2D eigenvalue weighted by atomic mass is 31.2. The van der Waals surface area contributed by atoms with Gasteiger partial charge in [-0.15, -0.1) is 0 Å². The van der Waals surface area contributed by atoms with Crippen LogP contribution in [0.25, 0.3) is 0 Å². The molecule has 0 radical (unpaired) electrons. The van der Waals surface area contributed by atoms with Crippen LogP contribution >= 0.6 is 7.82 Å². The quantitative estimate of drug-likeness (QED) is 0.0410. The van der Waals surface area contributed by atoms with Gasteiger partial charge < -0.3 is 28.8 Å². The van der Waals surface area contributed by atoms with Gasteiger partial charge in [-0.05, 0) is 19.3 Å². The second-order valence-electron chi connectivity index (χ2n) is 12.5. The molecular formula is C32H65N2O6P. The van der Waals surface area contributed by atoms with Crippen molar-refractivity contribution in [1.29, 1.82) is 0 Å². The first-order valence-corrected chi connectivity index (χ1v) is 18.0. The van der Waals surface area contributed by atoms with Crippen molar-refractivity contribution in [1.82, 2.24) is 5.32 Å². The van der Waals surface area contributed by atoms with E-state index in [9.17, 15) is 19.4 Å². The summed E-state index contributed by atoms with van der Waals surface area (Å²) in [5.74, 6) is -0.207. The predicted octanol–water partition coefficient (Wildman–Crippen LogP) is 7.05. The Labute approximate surface area is 252 Å². The fourth-order valence-electron chi connectivity index (χ4n) is 4.50. The molecule has 2 N–H and O–H groups in total. The van der Waals surface area contributed by atoms with E-state index in [1.54, 1.807) is 6.08 Å². The van der Waals surface area contributed by atoms with E-state index in [1.807, 2.05) is 27.2 Å². The number of nitrogens with zero attached hydrogens (tertiary/aromatic N) is 1. The van der Waals surface area contributed by atoms with Crippen LogP contribution in [0.3, 0.4) is 0 Å². The molecule has 0 aliphatic rings. The van der Waals surface area contributed by atoms with Crippen molar-refractivity contribution in [3.63, 3.8) is 0 Å². The lowest BCUT2D eigenvalue weighted by atomic mass is 10.1. The average molecular weight is 605 g/mol. The molecule has 8 nitrogen and oxygen atoms in total. The Morgan fingerprint density at radius 2 is 1.32 bits per heavy atom. The van der Waals surface area contributed by atoms with E-state index in [1.165, 1.54) is 77.0 Å². The smallest absolute Gasteiger partial charge is 0.268 e. The van der Waals surface area contributed by atoms with Crippen LogP contribution in [0, 0.1) is 0 Å². The summed E-state index contributed by atoms with van der Waals surface area (Å²) in [6.07, 6.45) is 24.1. The molecule has 0 aliphatic carbocycles. The summed E-state index contributed by atoms with van der Waals surface area (Å²) >= 11 is 0. The fraction of sp³-hybridized carbons (Fsp3) is 0.906. The number of nitrogens with one attached hydrogen (secondary N) is 1. The third-order valence-corrected chi connectivity index (χ3v) is 8.21. The summed E-state index contributed by atoms with van der Waals surface area (Å²) in [7, 11) is 1.26. The van der Waals surface area contributed by atoms with E-state index in [0.29, 0.717) is 17.4 Å². The zero-order valence-corrected chi connectivity index (χ0v) is 28.1. The SMILES string of the molecule is CCCCCCCCCCCC/C=C/[C@@H](O)[C@H](COP(=O)([O-])OCC[N+](C)(C)C)NC(=O)CCCCCCCCC. The second-order valence-corrected chi connectivity index (χ2v) is 13.9. The highest BCUT2D eigenvalue weighted by Gasteiger charge is 2.23. The van der Waals surface area contributed by atoms with Crippen LogP contribution in [0.5, 0.6) is 0 Å². The predicted molar refractivity (Wildman–Crippen MR) is 169 cm³/mol. The molecule has 0 saturated carbocycles. The summed E-state index contributed by atoms with van der Waals surface area (Å²) < 4.78 is 22.9. The maximum Gasteiger partial charge on any atom is 0.268 e. The van der Waals surface area contributed by atoms with Crippen molar-refractivity contribution in [3.05, 3.63) is 12.2 Å². The number of likely N-dealkylation sites (N-methyl/N-ethyl adjacent to an activating group) is 1. The number of carbonyl (C=O) groups is 1. The van der Waals surface area contributed by atoms with E-state index < -0.39 is 20.0 Å². The molecule has 1 unspecified atom stereocenters. The standard InChI is InChI=1S/C32H65N2O6P/c1-6-8-10-12-14-15-16-17-18-20-21-23-25-31(35)30(29-40-41(37,38)39-28-27-34(3,4)5)33-32(36)26-24-22-19-13-11-9-7-2/h23,25,30-31,35H,6-22,24,26-29H2,1-5H3,(H-,33,36,37,38)/b25-23+/t30-,31+/m0/s1. The highest BCUT2D eigenvalue weighted by molar-refractivity contribution is 7.45. The summed E-state index contributed by atoms with van der Waals surface area (Å²) in [4.78, 5) is 24.9. The van der Waals surface area contributed by atoms with Gasteiger partial charge in [-0.25, -0.2) is 0 Å². The van der Waals surface area contributed by atoms with Crippen LogP contribution in [-0.4, -0.2) is 68.5 Å². The molecule has 0 fully saturated rings. The van der Waals surface area contributed by atoms with Crippen LogP contribution in [0.2, 0.25) is 0 Å². The Kier molecular flexibility index (Phi) is 25.2. The van der Waals surface area contributed by atoms with Gasteiger partial charge in [0, 0.05) is 6.42 Å². The Morgan fingerprint density at radius 1 is 0.829 bits per heavy atom. The number of phosphoric acid groups is 1. The van der Waals surface area contributed by atoms with Crippen LogP contribution in [0.1, 0.15) is 136 Å². The Morgan fingerprint density at radius 3 is 1.83 bits per heavy atom.